The van der Waals surface area contributed by atoms with Crippen molar-refractivity contribution in [1.82, 2.24) is 4.98 Å². The molecular formula is C17H15ClFNO4. The first-order valence-corrected chi connectivity index (χ1v) is 7.62. The minimum Gasteiger partial charge on any atom is -0.506 e. The first kappa shape index (κ1) is 17.9. The summed E-state index contributed by atoms with van der Waals surface area (Å²) >= 11 is 6.04. The average Bonchev–Trinajstić information content (AvgIpc) is 2.54. The van der Waals surface area contributed by atoms with E-state index in [2.05, 4.69) is 4.98 Å². The van der Waals surface area contributed by atoms with Crippen LogP contribution in [0.3, 0.4) is 0 Å². The number of aromatic hydroxyl groups is 1. The first-order chi connectivity index (χ1) is 11.4. The minimum atomic E-state index is -1.04. The van der Waals surface area contributed by atoms with E-state index in [0.717, 1.165) is 0 Å². The van der Waals surface area contributed by atoms with Crippen molar-refractivity contribution in [3.63, 3.8) is 0 Å². The van der Waals surface area contributed by atoms with Crippen LogP contribution in [0.1, 0.15) is 25.0 Å². The van der Waals surface area contributed by atoms with Crippen LogP contribution < -0.4 is 0 Å². The second-order valence-corrected chi connectivity index (χ2v) is 5.63. The number of carboxylic acids is 1. The fourth-order valence-corrected chi connectivity index (χ4v) is 2.37. The Balaban J connectivity index is 2.15. The second-order valence-electron chi connectivity index (χ2n) is 5.22. The number of hydrogen-bond donors (Lipinski definition) is 2. The Morgan fingerprint density at radius 2 is 1.88 bits per heavy atom. The molecule has 0 saturated heterocycles. The molecule has 2 rings (SSSR count). The van der Waals surface area contributed by atoms with Gasteiger partial charge in [-0.25, -0.2) is 9.37 Å². The van der Waals surface area contributed by atoms with E-state index in [9.17, 15) is 19.1 Å². The third kappa shape index (κ3) is 4.76. The van der Waals surface area contributed by atoms with Crippen molar-refractivity contribution in [2.75, 3.05) is 0 Å². The van der Waals surface area contributed by atoms with Crippen molar-refractivity contribution in [3.8, 4) is 17.0 Å². The number of carboxylic acid groups (broad SMARTS) is 1. The van der Waals surface area contributed by atoms with Crippen molar-refractivity contribution in [3.05, 3.63) is 46.9 Å². The second kappa shape index (κ2) is 7.88. The number of hydrogen-bond acceptors (Lipinski definition) is 4. The third-order valence-corrected chi connectivity index (χ3v) is 3.74. The molecule has 24 heavy (non-hydrogen) atoms. The molecule has 1 heterocycles. The molecule has 0 aliphatic heterocycles. The molecule has 0 bridgehead atoms. The number of benzene rings is 1. The zero-order chi connectivity index (χ0) is 17.7. The highest BCUT2D eigenvalue weighted by Gasteiger charge is 2.12. The Hall–Kier alpha value is -2.47. The first-order valence-electron chi connectivity index (χ1n) is 7.24. The van der Waals surface area contributed by atoms with Gasteiger partial charge >= 0.3 is 5.97 Å². The van der Waals surface area contributed by atoms with Gasteiger partial charge in [0.15, 0.2) is 0 Å². The number of aromatic nitrogens is 1. The van der Waals surface area contributed by atoms with E-state index in [1.807, 2.05) is 0 Å². The lowest BCUT2D eigenvalue weighted by Crippen LogP contribution is -2.05. The van der Waals surface area contributed by atoms with Gasteiger partial charge in [0, 0.05) is 24.8 Å². The summed E-state index contributed by atoms with van der Waals surface area (Å²) in [5.74, 6) is -1.81. The normalized spacial score (nSPS) is 10.6. The molecule has 0 aliphatic carbocycles. The summed E-state index contributed by atoms with van der Waals surface area (Å²) in [6.07, 6.45) is -0.0675. The van der Waals surface area contributed by atoms with Gasteiger partial charge in [-0.2, -0.15) is 0 Å². The number of carbonyl (C=O) groups is 2. The number of aryl methyl sites for hydroxylation is 1. The molecule has 5 nitrogen and oxygen atoms in total. The van der Waals surface area contributed by atoms with E-state index >= 15 is 0 Å². The minimum absolute atomic E-state index is 0.0637. The van der Waals surface area contributed by atoms with Gasteiger partial charge in [0.1, 0.15) is 17.3 Å². The zero-order valence-corrected chi connectivity index (χ0v) is 13.4. The average molecular weight is 352 g/mol. The number of halogens is 2. The highest BCUT2D eigenvalue weighted by Crippen LogP contribution is 2.29. The van der Waals surface area contributed by atoms with Crippen LogP contribution in [0.5, 0.6) is 5.75 Å². The Labute approximate surface area is 142 Å². The molecule has 0 radical (unpaired) electrons. The van der Waals surface area contributed by atoms with E-state index in [1.54, 1.807) is 0 Å². The smallest absolute Gasteiger partial charge is 0.303 e. The van der Waals surface area contributed by atoms with E-state index in [0.29, 0.717) is 16.3 Å². The predicted molar refractivity (Wildman–Crippen MR) is 86.5 cm³/mol. The van der Waals surface area contributed by atoms with E-state index < -0.39 is 11.8 Å². The van der Waals surface area contributed by atoms with Gasteiger partial charge in [0.25, 0.3) is 0 Å². The zero-order valence-electron chi connectivity index (χ0n) is 12.6. The molecule has 2 N–H and O–H groups in total. The van der Waals surface area contributed by atoms with Gasteiger partial charge in [0.05, 0.1) is 22.8 Å². The SMILES string of the molecule is O=C(O)CCC(=O)CCc1nc(-c2cc(F)ccc2Cl)ccc1O. The van der Waals surface area contributed by atoms with Crippen LogP contribution in [-0.2, 0) is 16.0 Å². The molecule has 126 valence electrons. The maximum atomic E-state index is 13.4. The summed E-state index contributed by atoms with van der Waals surface area (Å²) in [5, 5.41) is 18.7. The van der Waals surface area contributed by atoms with Crippen LogP contribution in [0.4, 0.5) is 4.39 Å². The largest absolute Gasteiger partial charge is 0.506 e. The molecule has 2 aromatic rings. The van der Waals surface area contributed by atoms with Crippen LogP contribution in [0.15, 0.2) is 30.3 Å². The van der Waals surface area contributed by atoms with Crippen LogP contribution in [0, 0.1) is 5.82 Å². The lowest BCUT2D eigenvalue weighted by molar-refractivity contribution is -0.138. The molecule has 0 fully saturated rings. The van der Waals surface area contributed by atoms with E-state index in [4.69, 9.17) is 16.7 Å². The summed E-state index contributed by atoms with van der Waals surface area (Å²) in [4.78, 5) is 26.3. The summed E-state index contributed by atoms with van der Waals surface area (Å²) in [5.41, 5.74) is 1.04. The van der Waals surface area contributed by atoms with Crippen molar-refractivity contribution < 1.29 is 24.2 Å². The topological polar surface area (TPSA) is 87.5 Å². The Morgan fingerprint density at radius 3 is 2.58 bits per heavy atom. The number of pyridine rings is 1. The molecule has 0 atom stereocenters. The molecule has 1 aromatic heterocycles. The van der Waals surface area contributed by atoms with Crippen LogP contribution >= 0.6 is 11.6 Å². The number of nitrogens with zero attached hydrogens (tertiary/aromatic N) is 1. The van der Waals surface area contributed by atoms with Crippen molar-refractivity contribution in [1.29, 1.82) is 0 Å². The lowest BCUT2D eigenvalue weighted by atomic mass is 10.1. The van der Waals surface area contributed by atoms with Crippen LogP contribution in [0.2, 0.25) is 5.02 Å². The monoisotopic (exact) mass is 351 g/mol. The fraction of sp³-hybridized carbons (Fsp3) is 0.235. The number of carbonyl (C=O) groups excluding carboxylic acids is 1. The lowest BCUT2D eigenvalue weighted by Gasteiger charge is -2.08. The standard InChI is InChI=1S/C17H15ClFNO4/c18-13-4-1-10(19)9-12(13)14-6-7-16(22)15(20-14)5-2-11(21)3-8-17(23)24/h1,4,6-7,9,22H,2-3,5,8H2,(H,23,24). The summed E-state index contributed by atoms with van der Waals surface area (Å²) in [6, 6.07) is 6.79. The molecule has 0 unspecified atom stereocenters. The third-order valence-electron chi connectivity index (χ3n) is 3.41. The predicted octanol–water partition coefficient (Wildman–Crippen LogP) is 3.61. The summed E-state index contributed by atoms with van der Waals surface area (Å²) in [6.45, 7) is 0. The van der Waals surface area contributed by atoms with Crippen LogP contribution in [0.25, 0.3) is 11.3 Å². The quantitative estimate of drug-likeness (QED) is 0.795. The molecule has 0 amide bonds. The number of Topliss-reactive ketones (excluding diaryl/α,β-unsaturated/α-hetero) is 1. The van der Waals surface area contributed by atoms with Gasteiger partial charge in [-0.15, -0.1) is 0 Å². The van der Waals surface area contributed by atoms with Gasteiger partial charge in [-0.05, 0) is 30.3 Å². The Bertz CT molecular complexity index is 779. The number of rotatable bonds is 7. The maximum absolute atomic E-state index is 13.4. The van der Waals surface area contributed by atoms with Crippen molar-refractivity contribution in [2.45, 2.75) is 25.7 Å². The summed E-state index contributed by atoms with van der Waals surface area (Å²) < 4.78 is 13.4. The molecule has 7 heteroatoms. The number of aliphatic carboxylic acids is 1. The highest BCUT2D eigenvalue weighted by molar-refractivity contribution is 6.33. The number of ketones is 1. The maximum Gasteiger partial charge on any atom is 0.303 e. The Morgan fingerprint density at radius 1 is 1.12 bits per heavy atom. The van der Waals surface area contributed by atoms with E-state index in [-0.39, 0.29) is 42.9 Å². The van der Waals surface area contributed by atoms with Crippen molar-refractivity contribution in [2.24, 2.45) is 0 Å². The molecule has 0 saturated carbocycles. The van der Waals surface area contributed by atoms with Crippen LogP contribution in [-0.4, -0.2) is 26.9 Å². The molecule has 0 aliphatic rings. The fourth-order valence-electron chi connectivity index (χ4n) is 2.15. The molecule has 0 spiro atoms. The van der Waals surface area contributed by atoms with Gasteiger partial charge < -0.3 is 10.2 Å². The highest BCUT2D eigenvalue weighted by atomic mass is 35.5. The van der Waals surface area contributed by atoms with Gasteiger partial charge in [0.2, 0.25) is 0 Å². The Kier molecular flexibility index (Phi) is 5.87. The molecule has 1 aromatic carbocycles. The van der Waals surface area contributed by atoms with Gasteiger partial charge in [-0.3, -0.25) is 9.59 Å². The van der Waals surface area contributed by atoms with Crippen molar-refractivity contribution >= 4 is 23.4 Å². The van der Waals surface area contributed by atoms with Gasteiger partial charge in [-0.1, -0.05) is 11.6 Å². The summed E-state index contributed by atoms with van der Waals surface area (Å²) in [7, 11) is 0. The van der Waals surface area contributed by atoms with E-state index in [1.165, 1.54) is 30.3 Å². The molecular weight excluding hydrogens is 337 g/mol.